The van der Waals surface area contributed by atoms with Gasteiger partial charge in [-0.2, -0.15) is 22.1 Å². The Morgan fingerprint density at radius 1 is 1.25 bits per heavy atom. The number of morpholine rings is 1. The van der Waals surface area contributed by atoms with E-state index in [0.29, 0.717) is 39.4 Å². The standard InChI is InChI=1S/C12H20N4O3S/c17-20(18,15-6-8-19-9-7-15)16-5-1-2-11(10-16)12-3-4-13-14-12/h3-4,11H,1-2,5-10H2,(H,13,14)/t11-/m1/s1. The van der Waals surface area contributed by atoms with Crippen molar-refractivity contribution in [2.45, 2.75) is 18.8 Å². The van der Waals surface area contributed by atoms with E-state index in [2.05, 4.69) is 10.2 Å². The molecule has 2 saturated heterocycles. The predicted octanol–water partition coefficient (Wildman–Crippen LogP) is 0.166. The first kappa shape index (κ1) is 14.0. The van der Waals surface area contributed by atoms with Crippen molar-refractivity contribution in [1.29, 1.82) is 0 Å². The van der Waals surface area contributed by atoms with Crippen molar-refractivity contribution in [2.24, 2.45) is 0 Å². The molecule has 0 amide bonds. The molecule has 0 bridgehead atoms. The molecule has 8 heteroatoms. The number of aromatic amines is 1. The van der Waals surface area contributed by atoms with Gasteiger partial charge in [0.25, 0.3) is 10.2 Å². The third-order valence-electron chi connectivity index (χ3n) is 3.97. The highest BCUT2D eigenvalue weighted by atomic mass is 32.2. The van der Waals surface area contributed by atoms with Gasteiger partial charge in [-0.05, 0) is 18.9 Å². The fraction of sp³-hybridized carbons (Fsp3) is 0.750. The normalized spacial score (nSPS) is 26.7. The van der Waals surface area contributed by atoms with Crippen LogP contribution in [0.3, 0.4) is 0 Å². The van der Waals surface area contributed by atoms with Crippen LogP contribution in [0.15, 0.2) is 12.3 Å². The molecule has 0 saturated carbocycles. The highest BCUT2D eigenvalue weighted by Gasteiger charge is 2.35. The minimum atomic E-state index is -3.36. The van der Waals surface area contributed by atoms with Crippen molar-refractivity contribution >= 4 is 10.2 Å². The van der Waals surface area contributed by atoms with Gasteiger partial charge in [-0.3, -0.25) is 5.10 Å². The number of nitrogens with one attached hydrogen (secondary N) is 1. The molecule has 0 spiro atoms. The summed E-state index contributed by atoms with van der Waals surface area (Å²) in [7, 11) is -3.36. The van der Waals surface area contributed by atoms with Crippen molar-refractivity contribution in [1.82, 2.24) is 18.8 Å². The van der Waals surface area contributed by atoms with E-state index in [0.717, 1.165) is 18.5 Å². The average molecular weight is 300 g/mol. The van der Waals surface area contributed by atoms with Crippen molar-refractivity contribution in [2.75, 3.05) is 39.4 Å². The largest absolute Gasteiger partial charge is 0.379 e. The van der Waals surface area contributed by atoms with Crippen LogP contribution in [0.2, 0.25) is 0 Å². The molecular formula is C12H20N4O3S. The smallest absolute Gasteiger partial charge is 0.282 e. The van der Waals surface area contributed by atoms with Crippen molar-refractivity contribution in [3.8, 4) is 0 Å². The summed E-state index contributed by atoms with van der Waals surface area (Å²) in [6, 6.07) is 1.93. The molecule has 3 heterocycles. The maximum absolute atomic E-state index is 12.6. The Kier molecular flexibility index (Phi) is 4.06. The van der Waals surface area contributed by atoms with E-state index in [9.17, 15) is 8.42 Å². The third kappa shape index (κ3) is 2.73. The predicted molar refractivity (Wildman–Crippen MR) is 73.4 cm³/mol. The number of piperidine rings is 1. The van der Waals surface area contributed by atoms with Crippen LogP contribution in [-0.2, 0) is 14.9 Å². The zero-order valence-electron chi connectivity index (χ0n) is 11.4. The van der Waals surface area contributed by atoms with Crippen molar-refractivity contribution in [3.05, 3.63) is 18.0 Å². The molecule has 1 aromatic heterocycles. The number of ether oxygens (including phenoxy) is 1. The van der Waals surface area contributed by atoms with Gasteiger partial charge in [0.2, 0.25) is 0 Å². The lowest BCUT2D eigenvalue weighted by Crippen LogP contribution is -2.51. The van der Waals surface area contributed by atoms with Gasteiger partial charge in [0.15, 0.2) is 0 Å². The van der Waals surface area contributed by atoms with E-state index in [1.165, 1.54) is 4.31 Å². The van der Waals surface area contributed by atoms with Gasteiger partial charge < -0.3 is 4.74 Å². The third-order valence-corrected chi connectivity index (χ3v) is 5.97. The first-order valence-electron chi connectivity index (χ1n) is 7.00. The van der Waals surface area contributed by atoms with E-state index >= 15 is 0 Å². The first-order valence-corrected chi connectivity index (χ1v) is 8.40. The zero-order valence-corrected chi connectivity index (χ0v) is 12.2. The Bertz CT molecular complexity index is 525. The molecule has 0 aliphatic carbocycles. The van der Waals surface area contributed by atoms with Crippen LogP contribution < -0.4 is 0 Å². The minimum Gasteiger partial charge on any atom is -0.379 e. The lowest BCUT2D eigenvalue weighted by atomic mass is 9.96. The summed E-state index contributed by atoms with van der Waals surface area (Å²) in [5, 5.41) is 6.91. The van der Waals surface area contributed by atoms with Gasteiger partial charge in [0.05, 0.1) is 13.2 Å². The van der Waals surface area contributed by atoms with Crippen LogP contribution in [-0.4, -0.2) is 66.6 Å². The maximum Gasteiger partial charge on any atom is 0.282 e. The molecule has 1 N–H and O–H groups in total. The van der Waals surface area contributed by atoms with E-state index in [-0.39, 0.29) is 5.92 Å². The lowest BCUT2D eigenvalue weighted by molar-refractivity contribution is 0.0695. The molecule has 1 atom stereocenters. The van der Waals surface area contributed by atoms with Crippen LogP contribution in [0, 0.1) is 0 Å². The molecular weight excluding hydrogens is 280 g/mol. The number of nitrogens with zero attached hydrogens (tertiary/aromatic N) is 3. The van der Waals surface area contributed by atoms with E-state index in [1.807, 2.05) is 6.07 Å². The fourth-order valence-electron chi connectivity index (χ4n) is 2.84. The van der Waals surface area contributed by atoms with Gasteiger partial charge >= 0.3 is 0 Å². The summed E-state index contributed by atoms with van der Waals surface area (Å²) >= 11 is 0. The molecule has 112 valence electrons. The molecule has 3 rings (SSSR count). The fourth-order valence-corrected chi connectivity index (χ4v) is 4.51. The highest BCUT2D eigenvalue weighted by Crippen LogP contribution is 2.27. The summed E-state index contributed by atoms with van der Waals surface area (Å²) in [5.41, 5.74) is 1.02. The van der Waals surface area contributed by atoms with E-state index in [1.54, 1.807) is 10.5 Å². The number of H-pyrrole nitrogens is 1. The molecule has 2 aliphatic rings. The van der Waals surface area contributed by atoms with Gasteiger partial charge in [-0.1, -0.05) is 0 Å². The van der Waals surface area contributed by atoms with Crippen LogP contribution in [0.4, 0.5) is 0 Å². The summed E-state index contributed by atoms with van der Waals surface area (Å²) in [6.45, 7) is 3.00. The molecule has 0 aromatic carbocycles. The molecule has 7 nitrogen and oxygen atoms in total. The van der Waals surface area contributed by atoms with Crippen LogP contribution in [0.25, 0.3) is 0 Å². The second-order valence-electron chi connectivity index (χ2n) is 5.23. The van der Waals surface area contributed by atoms with E-state index in [4.69, 9.17) is 4.74 Å². The van der Waals surface area contributed by atoms with Crippen molar-refractivity contribution in [3.63, 3.8) is 0 Å². The van der Waals surface area contributed by atoms with Crippen LogP contribution in [0.5, 0.6) is 0 Å². The number of aromatic nitrogens is 2. The number of hydrogen-bond donors (Lipinski definition) is 1. The quantitative estimate of drug-likeness (QED) is 0.863. The molecule has 0 radical (unpaired) electrons. The maximum atomic E-state index is 12.6. The second kappa shape index (κ2) is 5.80. The Labute approximate surface area is 119 Å². The monoisotopic (exact) mass is 300 g/mol. The second-order valence-corrected chi connectivity index (χ2v) is 7.16. The zero-order chi connectivity index (χ0) is 14.0. The molecule has 0 unspecified atom stereocenters. The lowest BCUT2D eigenvalue weighted by Gasteiger charge is -2.36. The summed E-state index contributed by atoms with van der Waals surface area (Å²) in [4.78, 5) is 0. The summed E-state index contributed by atoms with van der Waals surface area (Å²) in [5.74, 6) is 0.210. The van der Waals surface area contributed by atoms with E-state index < -0.39 is 10.2 Å². The van der Waals surface area contributed by atoms with Crippen LogP contribution in [0.1, 0.15) is 24.5 Å². The van der Waals surface area contributed by atoms with Gasteiger partial charge in [-0.15, -0.1) is 0 Å². The number of hydrogen-bond acceptors (Lipinski definition) is 4. The molecule has 1 aromatic rings. The number of rotatable bonds is 3. The Morgan fingerprint density at radius 2 is 2.05 bits per heavy atom. The van der Waals surface area contributed by atoms with Crippen molar-refractivity contribution < 1.29 is 13.2 Å². The SMILES string of the molecule is O=S(=O)(N1CCOCC1)N1CCC[C@@H](c2ccn[nH]2)C1. The Morgan fingerprint density at radius 3 is 2.75 bits per heavy atom. The first-order chi connectivity index (χ1) is 9.68. The van der Waals surface area contributed by atoms with Gasteiger partial charge in [0.1, 0.15) is 0 Å². The van der Waals surface area contributed by atoms with Crippen LogP contribution >= 0.6 is 0 Å². The Hall–Kier alpha value is -0.960. The summed E-state index contributed by atoms with van der Waals surface area (Å²) < 4.78 is 33.6. The average Bonchev–Trinajstić information content (AvgIpc) is 3.03. The molecule has 2 fully saturated rings. The molecule has 20 heavy (non-hydrogen) atoms. The van der Waals surface area contributed by atoms with Gasteiger partial charge in [-0.25, -0.2) is 0 Å². The highest BCUT2D eigenvalue weighted by molar-refractivity contribution is 7.86. The van der Waals surface area contributed by atoms with Gasteiger partial charge in [0, 0.05) is 44.0 Å². The minimum absolute atomic E-state index is 0.210. The molecule has 2 aliphatic heterocycles. The topological polar surface area (TPSA) is 78.5 Å². The summed E-state index contributed by atoms with van der Waals surface area (Å²) in [6.07, 6.45) is 3.59. The Balaban J connectivity index is 1.72.